The van der Waals surface area contributed by atoms with Crippen molar-refractivity contribution in [3.8, 4) is 5.75 Å². The Bertz CT molecular complexity index is 909. The summed E-state index contributed by atoms with van der Waals surface area (Å²) in [5, 5.41) is 7.49. The Hall–Kier alpha value is -3.19. The Balaban J connectivity index is 1.58. The van der Waals surface area contributed by atoms with E-state index >= 15 is 0 Å². The molecule has 0 aliphatic carbocycles. The van der Waals surface area contributed by atoms with E-state index in [0.29, 0.717) is 17.2 Å². The number of ether oxygens (including phenoxy) is 1. The van der Waals surface area contributed by atoms with Crippen molar-refractivity contribution < 1.29 is 14.3 Å². The minimum Gasteiger partial charge on any atom is -0.497 e. The summed E-state index contributed by atoms with van der Waals surface area (Å²) in [6.07, 6.45) is 0. The van der Waals surface area contributed by atoms with Crippen LogP contribution in [0.15, 0.2) is 60.0 Å². The molecule has 0 saturated heterocycles. The Morgan fingerprint density at radius 3 is 2.65 bits per heavy atom. The van der Waals surface area contributed by atoms with Crippen LogP contribution in [0.4, 0.5) is 5.13 Å². The Labute approximate surface area is 154 Å². The molecule has 2 aromatic carbocycles. The zero-order valence-electron chi connectivity index (χ0n) is 14.1. The standard InChI is InChI=1S/C19H17N3O3S/c1-25-15-9-5-6-13(10-15)11-20-18(24)16-12-26-19(21-16)22-17(23)14-7-3-2-4-8-14/h2-10,12H,11H2,1H3,(H,20,24)(H,21,22,23). The van der Waals surface area contributed by atoms with Gasteiger partial charge in [-0.2, -0.15) is 0 Å². The van der Waals surface area contributed by atoms with Crippen LogP contribution in [0.3, 0.4) is 0 Å². The molecular formula is C19H17N3O3S. The van der Waals surface area contributed by atoms with Crippen molar-refractivity contribution >= 4 is 28.3 Å². The number of carbonyl (C=O) groups excluding carboxylic acids is 2. The van der Waals surface area contributed by atoms with Crippen molar-refractivity contribution in [1.82, 2.24) is 10.3 Å². The number of aromatic nitrogens is 1. The van der Waals surface area contributed by atoms with Gasteiger partial charge in [0, 0.05) is 17.5 Å². The lowest BCUT2D eigenvalue weighted by Gasteiger charge is -2.05. The number of thiazole rings is 1. The molecule has 1 heterocycles. The molecule has 0 fully saturated rings. The van der Waals surface area contributed by atoms with Crippen LogP contribution in [0.1, 0.15) is 26.4 Å². The quantitative estimate of drug-likeness (QED) is 0.700. The lowest BCUT2D eigenvalue weighted by Crippen LogP contribution is -2.23. The second-order valence-electron chi connectivity index (χ2n) is 5.39. The van der Waals surface area contributed by atoms with Gasteiger partial charge in [0.25, 0.3) is 11.8 Å². The zero-order valence-corrected chi connectivity index (χ0v) is 14.9. The second kappa shape index (κ2) is 8.26. The van der Waals surface area contributed by atoms with Crippen molar-refractivity contribution in [2.75, 3.05) is 12.4 Å². The fourth-order valence-electron chi connectivity index (χ4n) is 2.25. The molecule has 0 saturated carbocycles. The van der Waals surface area contributed by atoms with Crippen LogP contribution in [0.2, 0.25) is 0 Å². The second-order valence-corrected chi connectivity index (χ2v) is 6.25. The van der Waals surface area contributed by atoms with Crippen LogP contribution < -0.4 is 15.4 Å². The average molecular weight is 367 g/mol. The molecule has 26 heavy (non-hydrogen) atoms. The Morgan fingerprint density at radius 2 is 1.88 bits per heavy atom. The third-order valence-electron chi connectivity index (χ3n) is 3.58. The molecule has 0 radical (unpaired) electrons. The van der Waals surface area contributed by atoms with Crippen LogP contribution in [-0.4, -0.2) is 23.9 Å². The molecule has 3 aromatic rings. The lowest BCUT2D eigenvalue weighted by atomic mass is 10.2. The van der Waals surface area contributed by atoms with Gasteiger partial charge in [-0.15, -0.1) is 11.3 Å². The van der Waals surface area contributed by atoms with Crippen LogP contribution in [0.25, 0.3) is 0 Å². The van der Waals surface area contributed by atoms with Crippen LogP contribution >= 0.6 is 11.3 Å². The maximum atomic E-state index is 12.2. The van der Waals surface area contributed by atoms with Gasteiger partial charge in [0.05, 0.1) is 7.11 Å². The zero-order chi connectivity index (χ0) is 18.4. The van der Waals surface area contributed by atoms with E-state index in [1.165, 1.54) is 11.3 Å². The SMILES string of the molecule is COc1cccc(CNC(=O)c2csc(NC(=O)c3ccccc3)n2)c1. The number of carbonyl (C=O) groups is 2. The maximum Gasteiger partial charge on any atom is 0.271 e. The molecule has 1 aromatic heterocycles. The summed E-state index contributed by atoms with van der Waals surface area (Å²) < 4.78 is 5.16. The highest BCUT2D eigenvalue weighted by Gasteiger charge is 2.13. The first-order valence-corrected chi connectivity index (χ1v) is 8.77. The number of hydrogen-bond acceptors (Lipinski definition) is 5. The van der Waals surface area contributed by atoms with Crippen molar-refractivity contribution in [3.63, 3.8) is 0 Å². The summed E-state index contributed by atoms with van der Waals surface area (Å²) in [6.45, 7) is 0.360. The monoisotopic (exact) mass is 367 g/mol. The molecule has 3 rings (SSSR count). The average Bonchev–Trinajstić information content (AvgIpc) is 3.15. The molecule has 0 spiro atoms. The largest absolute Gasteiger partial charge is 0.497 e. The van der Waals surface area contributed by atoms with Gasteiger partial charge in [0.1, 0.15) is 11.4 Å². The van der Waals surface area contributed by atoms with Gasteiger partial charge in [-0.1, -0.05) is 30.3 Å². The fourth-order valence-corrected chi connectivity index (χ4v) is 2.94. The number of rotatable bonds is 6. The summed E-state index contributed by atoms with van der Waals surface area (Å²) in [7, 11) is 1.60. The van der Waals surface area contributed by atoms with E-state index in [0.717, 1.165) is 11.3 Å². The van der Waals surface area contributed by atoms with Gasteiger partial charge in [0.2, 0.25) is 0 Å². The van der Waals surface area contributed by atoms with E-state index in [1.54, 1.807) is 36.8 Å². The Kier molecular flexibility index (Phi) is 5.60. The van der Waals surface area contributed by atoms with Crippen molar-refractivity contribution in [2.45, 2.75) is 6.54 Å². The van der Waals surface area contributed by atoms with Gasteiger partial charge < -0.3 is 10.1 Å². The predicted molar refractivity (Wildman–Crippen MR) is 101 cm³/mol. The van der Waals surface area contributed by atoms with Gasteiger partial charge in [-0.25, -0.2) is 4.98 Å². The first kappa shape index (κ1) is 17.6. The van der Waals surface area contributed by atoms with Gasteiger partial charge >= 0.3 is 0 Å². The molecule has 132 valence electrons. The van der Waals surface area contributed by atoms with E-state index in [4.69, 9.17) is 4.74 Å². The van der Waals surface area contributed by atoms with Gasteiger partial charge in [0.15, 0.2) is 5.13 Å². The van der Waals surface area contributed by atoms with E-state index in [-0.39, 0.29) is 17.5 Å². The smallest absolute Gasteiger partial charge is 0.271 e. The number of hydrogen-bond donors (Lipinski definition) is 2. The third-order valence-corrected chi connectivity index (χ3v) is 4.34. The predicted octanol–water partition coefficient (Wildman–Crippen LogP) is 3.33. The van der Waals surface area contributed by atoms with Gasteiger partial charge in [-0.05, 0) is 29.8 Å². The summed E-state index contributed by atoms with van der Waals surface area (Å²) in [4.78, 5) is 28.5. The van der Waals surface area contributed by atoms with Crippen LogP contribution in [0, 0.1) is 0 Å². The highest BCUT2D eigenvalue weighted by Crippen LogP contribution is 2.17. The first-order chi connectivity index (χ1) is 12.7. The number of nitrogens with zero attached hydrogens (tertiary/aromatic N) is 1. The number of benzene rings is 2. The minimum atomic E-state index is -0.302. The molecule has 0 aliphatic rings. The topological polar surface area (TPSA) is 80.3 Å². The first-order valence-electron chi connectivity index (χ1n) is 7.89. The molecule has 6 nitrogen and oxygen atoms in total. The van der Waals surface area contributed by atoms with Crippen molar-refractivity contribution in [3.05, 3.63) is 76.8 Å². The fraction of sp³-hybridized carbons (Fsp3) is 0.105. The molecule has 7 heteroatoms. The highest BCUT2D eigenvalue weighted by atomic mass is 32.1. The molecular weight excluding hydrogens is 350 g/mol. The summed E-state index contributed by atoms with van der Waals surface area (Å²) in [6, 6.07) is 16.3. The lowest BCUT2D eigenvalue weighted by molar-refractivity contribution is 0.0945. The third kappa shape index (κ3) is 4.46. The van der Waals surface area contributed by atoms with E-state index < -0.39 is 0 Å². The number of amides is 2. The van der Waals surface area contributed by atoms with Crippen molar-refractivity contribution in [2.24, 2.45) is 0 Å². The molecule has 0 atom stereocenters. The Morgan fingerprint density at radius 1 is 1.08 bits per heavy atom. The summed E-state index contributed by atoms with van der Waals surface area (Å²) in [5.74, 6) is 0.170. The van der Waals surface area contributed by atoms with Gasteiger partial charge in [-0.3, -0.25) is 14.9 Å². The van der Waals surface area contributed by atoms with E-state index in [1.807, 2.05) is 30.3 Å². The molecule has 2 amide bonds. The normalized spacial score (nSPS) is 10.2. The summed E-state index contributed by atoms with van der Waals surface area (Å²) >= 11 is 1.20. The molecule has 0 unspecified atom stereocenters. The highest BCUT2D eigenvalue weighted by molar-refractivity contribution is 7.14. The van der Waals surface area contributed by atoms with E-state index in [2.05, 4.69) is 15.6 Å². The number of nitrogens with one attached hydrogen (secondary N) is 2. The molecule has 0 aliphatic heterocycles. The maximum absolute atomic E-state index is 12.2. The van der Waals surface area contributed by atoms with Crippen LogP contribution in [0.5, 0.6) is 5.75 Å². The van der Waals surface area contributed by atoms with Crippen LogP contribution in [-0.2, 0) is 6.54 Å². The van der Waals surface area contributed by atoms with E-state index in [9.17, 15) is 9.59 Å². The minimum absolute atomic E-state index is 0.261. The number of methoxy groups -OCH3 is 1. The van der Waals surface area contributed by atoms with Crippen molar-refractivity contribution in [1.29, 1.82) is 0 Å². The number of anilines is 1. The molecule has 0 bridgehead atoms. The molecule has 2 N–H and O–H groups in total. The summed E-state index contributed by atoms with van der Waals surface area (Å²) in [5.41, 5.74) is 1.72.